The maximum atomic E-state index is 13.7. The molecule has 2 nitrogen and oxygen atoms in total. The number of aromatic nitrogens is 1. The van der Waals surface area contributed by atoms with Crippen molar-refractivity contribution in [1.29, 1.82) is 0 Å². The fraction of sp³-hybridized carbons (Fsp3) is 0.364. The van der Waals surface area contributed by atoms with Crippen LogP contribution in [0.15, 0.2) is 54.7 Å². The van der Waals surface area contributed by atoms with Gasteiger partial charge in [0.15, 0.2) is 0 Å². The lowest BCUT2D eigenvalue weighted by Gasteiger charge is -2.33. The van der Waals surface area contributed by atoms with Crippen molar-refractivity contribution in [2.45, 2.75) is 72.1 Å². The summed E-state index contributed by atoms with van der Waals surface area (Å²) < 4.78 is 49.8. The Bertz CT molecular complexity index is 1790. The minimum Gasteiger partial charge on any atom is -0.486 e. The molecular formula is C33H32F3NOS. The molecule has 0 saturated carbocycles. The summed E-state index contributed by atoms with van der Waals surface area (Å²) in [6, 6.07) is 16.4. The molecule has 202 valence electrons. The zero-order valence-corrected chi connectivity index (χ0v) is 24.1. The van der Waals surface area contributed by atoms with Crippen LogP contribution in [0.4, 0.5) is 13.2 Å². The van der Waals surface area contributed by atoms with Crippen LogP contribution in [0.3, 0.4) is 0 Å². The fourth-order valence-corrected chi connectivity index (χ4v) is 7.14. The average Bonchev–Trinajstić information content (AvgIpc) is 3.32. The second-order valence-electron chi connectivity index (χ2n) is 12.5. The molecule has 0 radical (unpaired) electrons. The van der Waals surface area contributed by atoms with Gasteiger partial charge in [-0.3, -0.25) is 4.98 Å². The van der Waals surface area contributed by atoms with Gasteiger partial charge in [-0.25, -0.2) is 0 Å². The van der Waals surface area contributed by atoms with Crippen LogP contribution in [-0.2, 0) is 11.8 Å². The average molecular weight is 548 g/mol. The molecule has 0 atom stereocenters. The van der Waals surface area contributed by atoms with Gasteiger partial charge in [0, 0.05) is 38.2 Å². The first-order chi connectivity index (χ1) is 18.1. The fourth-order valence-electron chi connectivity index (χ4n) is 5.82. The van der Waals surface area contributed by atoms with Crippen LogP contribution in [0.2, 0.25) is 0 Å². The number of fused-ring (bicyclic) bond motifs is 6. The van der Waals surface area contributed by atoms with Gasteiger partial charge in [-0.1, -0.05) is 64.1 Å². The highest BCUT2D eigenvalue weighted by molar-refractivity contribution is 7.26. The van der Waals surface area contributed by atoms with Crippen LogP contribution in [0.25, 0.3) is 42.2 Å². The van der Waals surface area contributed by atoms with Gasteiger partial charge in [-0.15, -0.1) is 11.3 Å². The van der Waals surface area contributed by atoms with Crippen LogP contribution < -0.4 is 4.74 Å². The SMILES string of the molecule is Cc1c(CC(C)(C)C(F)(F)F)ccc2c1sc1c(-c3cc4ccccc4c4c3OC(C)(C)C4(C)C)nccc12. The van der Waals surface area contributed by atoms with Gasteiger partial charge in [0.2, 0.25) is 0 Å². The van der Waals surface area contributed by atoms with E-state index in [4.69, 9.17) is 9.72 Å². The third kappa shape index (κ3) is 3.71. The molecule has 1 aliphatic rings. The van der Waals surface area contributed by atoms with E-state index >= 15 is 0 Å². The molecule has 2 aromatic heterocycles. The number of hydrogen-bond donors (Lipinski definition) is 0. The van der Waals surface area contributed by atoms with Gasteiger partial charge in [-0.05, 0) is 61.2 Å². The molecule has 0 spiro atoms. The number of nitrogens with zero attached hydrogens (tertiary/aromatic N) is 1. The van der Waals surface area contributed by atoms with Crippen molar-refractivity contribution < 1.29 is 17.9 Å². The maximum Gasteiger partial charge on any atom is 0.394 e. The zero-order valence-electron chi connectivity index (χ0n) is 23.3. The Morgan fingerprint density at radius 1 is 0.897 bits per heavy atom. The summed E-state index contributed by atoms with van der Waals surface area (Å²) in [6.07, 6.45) is -2.51. The molecule has 39 heavy (non-hydrogen) atoms. The third-order valence-corrected chi connectivity index (χ3v) is 10.4. The monoisotopic (exact) mass is 547 g/mol. The standard InChI is InChI=1S/C33H32F3NOS/c1-18-20(17-30(2,3)33(34,35)36)12-13-22-23-14-15-37-26(29(23)39-28(18)22)24-16-19-10-8-9-11-21(19)25-27(24)38-32(6,7)31(25,4)5/h8-16H,17H2,1-7H3. The van der Waals surface area contributed by atoms with Gasteiger partial charge in [0.1, 0.15) is 11.4 Å². The lowest BCUT2D eigenvalue weighted by Crippen LogP contribution is -2.42. The summed E-state index contributed by atoms with van der Waals surface area (Å²) in [5.74, 6) is 0.866. The van der Waals surface area contributed by atoms with Crippen LogP contribution >= 0.6 is 11.3 Å². The lowest BCUT2D eigenvalue weighted by atomic mass is 9.72. The Hall–Kier alpha value is -3.12. The van der Waals surface area contributed by atoms with Crippen LogP contribution in [0, 0.1) is 12.3 Å². The second kappa shape index (κ2) is 8.20. The number of thiophene rings is 1. The summed E-state index contributed by atoms with van der Waals surface area (Å²) in [6.45, 7) is 13.2. The first kappa shape index (κ1) is 26.1. The van der Waals surface area contributed by atoms with E-state index in [-0.39, 0.29) is 11.8 Å². The van der Waals surface area contributed by atoms with Crippen molar-refractivity contribution in [2.75, 3.05) is 0 Å². The first-order valence-corrected chi connectivity index (χ1v) is 14.1. The molecule has 6 heteroatoms. The number of pyridine rings is 1. The van der Waals surface area contributed by atoms with E-state index in [1.807, 2.05) is 37.4 Å². The van der Waals surface area contributed by atoms with Crippen molar-refractivity contribution in [3.63, 3.8) is 0 Å². The van der Waals surface area contributed by atoms with Crippen molar-refractivity contribution >= 4 is 42.3 Å². The maximum absolute atomic E-state index is 13.7. The molecule has 0 saturated heterocycles. The molecule has 5 aromatic rings. The van der Waals surface area contributed by atoms with Gasteiger partial charge < -0.3 is 4.74 Å². The molecule has 0 fully saturated rings. The third-order valence-electron chi connectivity index (χ3n) is 9.06. The normalized spacial score (nSPS) is 16.7. The van der Waals surface area contributed by atoms with E-state index in [1.54, 1.807) is 11.3 Å². The first-order valence-electron chi connectivity index (χ1n) is 13.3. The predicted molar refractivity (Wildman–Crippen MR) is 156 cm³/mol. The molecule has 0 aliphatic carbocycles. The van der Waals surface area contributed by atoms with E-state index in [0.29, 0.717) is 0 Å². The highest BCUT2D eigenvalue weighted by Gasteiger charge is 2.50. The van der Waals surface area contributed by atoms with Crippen LogP contribution in [-0.4, -0.2) is 16.8 Å². The van der Waals surface area contributed by atoms with E-state index < -0.39 is 17.2 Å². The Morgan fingerprint density at radius 2 is 1.59 bits per heavy atom. The quantitative estimate of drug-likeness (QED) is 0.224. The highest BCUT2D eigenvalue weighted by atomic mass is 32.1. The molecule has 3 heterocycles. The van der Waals surface area contributed by atoms with E-state index in [1.165, 1.54) is 24.8 Å². The molecule has 1 aliphatic heterocycles. The highest BCUT2D eigenvalue weighted by Crippen LogP contribution is 2.56. The summed E-state index contributed by atoms with van der Waals surface area (Å²) in [5.41, 5.74) is 2.16. The Balaban J connectivity index is 1.61. The van der Waals surface area contributed by atoms with E-state index in [2.05, 4.69) is 52.0 Å². The molecule has 3 aromatic carbocycles. The number of benzene rings is 3. The Labute approximate surface area is 230 Å². The smallest absolute Gasteiger partial charge is 0.394 e. The lowest BCUT2D eigenvalue weighted by molar-refractivity contribution is -0.211. The number of aryl methyl sites for hydroxylation is 1. The van der Waals surface area contributed by atoms with Crippen LogP contribution in [0.1, 0.15) is 58.2 Å². The van der Waals surface area contributed by atoms with Crippen molar-refractivity contribution in [3.05, 3.63) is 71.4 Å². The van der Waals surface area contributed by atoms with Crippen molar-refractivity contribution in [1.82, 2.24) is 4.98 Å². The number of hydrogen-bond acceptors (Lipinski definition) is 3. The number of rotatable bonds is 3. The minimum atomic E-state index is -4.27. The molecule has 0 N–H and O–H groups in total. The Kier molecular flexibility index (Phi) is 5.49. The van der Waals surface area contributed by atoms with Gasteiger partial charge in [-0.2, -0.15) is 13.2 Å². The second-order valence-corrected chi connectivity index (χ2v) is 13.5. The summed E-state index contributed by atoms with van der Waals surface area (Å²) in [5, 5.41) is 4.42. The van der Waals surface area contributed by atoms with Crippen molar-refractivity contribution in [2.24, 2.45) is 5.41 Å². The number of alkyl halides is 3. The van der Waals surface area contributed by atoms with E-state index in [0.717, 1.165) is 53.7 Å². The summed E-state index contributed by atoms with van der Waals surface area (Å²) in [7, 11) is 0. The molecule has 6 rings (SSSR count). The molecule has 0 amide bonds. The van der Waals surface area contributed by atoms with Gasteiger partial charge in [0.25, 0.3) is 0 Å². The molecular weight excluding hydrogens is 515 g/mol. The molecule has 0 bridgehead atoms. The van der Waals surface area contributed by atoms with Gasteiger partial charge >= 0.3 is 6.18 Å². The number of halogens is 3. The predicted octanol–water partition coefficient (Wildman–Crippen LogP) is 10.2. The van der Waals surface area contributed by atoms with Crippen LogP contribution in [0.5, 0.6) is 5.75 Å². The topological polar surface area (TPSA) is 22.1 Å². The van der Waals surface area contributed by atoms with Crippen molar-refractivity contribution in [3.8, 4) is 17.0 Å². The molecule has 0 unspecified atom stereocenters. The zero-order chi connectivity index (χ0) is 28.1. The number of ether oxygens (including phenoxy) is 1. The summed E-state index contributed by atoms with van der Waals surface area (Å²) >= 11 is 1.61. The largest absolute Gasteiger partial charge is 0.486 e. The van der Waals surface area contributed by atoms with E-state index in [9.17, 15) is 13.2 Å². The Morgan fingerprint density at radius 3 is 2.31 bits per heavy atom. The minimum absolute atomic E-state index is 0.0617. The summed E-state index contributed by atoms with van der Waals surface area (Å²) in [4.78, 5) is 4.88. The van der Waals surface area contributed by atoms with Gasteiger partial charge in [0.05, 0.1) is 15.8 Å².